The van der Waals surface area contributed by atoms with Gasteiger partial charge in [0.1, 0.15) is 11.6 Å². The van der Waals surface area contributed by atoms with Gasteiger partial charge in [0.05, 0.1) is 37.1 Å². The molecule has 6 rings (SSSR count). The molecule has 3 aliphatic heterocycles. The molecule has 1 amide bonds. The van der Waals surface area contributed by atoms with E-state index in [4.69, 9.17) is 14.5 Å². The zero-order chi connectivity index (χ0) is 23.4. The Morgan fingerprint density at radius 3 is 2.71 bits per heavy atom. The Morgan fingerprint density at radius 1 is 1.15 bits per heavy atom. The Kier molecular flexibility index (Phi) is 5.06. The quantitative estimate of drug-likeness (QED) is 0.610. The zero-order valence-electron chi connectivity index (χ0n) is 19.4. The van der Waals surface area contributed by atoms with E-state index in [0.29, 0.717) is 47.8 Å². The fourth-order valence-electron chi connectivity index (χ4n) is 5.84. The highest BCUT2D eigenvalue weighted by atomic mass is 16.5. The summed E-state index contributed by atoms with van der Waals surface area (Å²) in [5, 5.41) is 3.89. The average molecular weight is 461 g/mol. The first-order chi connectivity index (χ1) is 16.5. The monoisotopic (exact) mass is 460 g/mol. The van der Waals surface area contributed by atoms with Gasteiger partial charge in [0.25, 0.3) is 5.91 Å². The molecule has 2 fully saturated rings. The number of aromatic nitrogens is 2. The van der Waals surface area contributed by atoms with Crippen molar-refractivity contribution in [1.82, 2.24) is 9.97 Å². The molecule has 2 aromatic heterocycles. The molecular formula is C26H28N4O4. The summed E-state index contributed by atoms with van der Waals surface area (Å²) in [6.07, 6.45) is 5.83. The number of nitrogens with zero attached hydrogens (tertiary/aromatic N) is 2. The first-order valence-corrected chi connectivity index (χ1v) is 11.9. The summed E-state index contributed by atoms with van der Waals surface area (Å²) in [6.45, 7) is 2.84. The molecule has 0 aliphatic carbocycles. The van der Waals surface area contributed by atoms with E-state index in [-0.39, 0.29) is 11.5 Å². The fraction of sp³-hybridized carbons (Fsp3) is 0.423. The summed E-state index contributed by atoms with van der Waals surface area (Å²) in [5.41, 5.74) is 4.34. The van der Waals surface area contributed by atoms with E-state index in [1.165, 1.54) is 6.42 Å². The number of anilines is 2. The van der Waals surface area contributed by atoms with Crippen LogP contribution in [-0.2, 0) is 18.0 Å². The number of ether oxygens (including phenoxy) is 2. The van der Waals surface area contributed by atoms with Crippen LogP contribution in [-0.4, -0.2) is 35.1 Å². The third kappa shape index (κ3) is 3.44. The number of nitrogens with one attached hydrogen (secondary N) is 2. The number of carbonyl (C=O) groups is 1. The maximum Gasteiger partial charge on any atom is 0.259 e. The first-order valence-electron chi connectivity index (χ1n) is 11.9. The van der Waals surface area contributed by atoms with Gasteiger partial charge in [-0.15, -0.1) is 0 Å². The molecule has 0 spiro atoms. The Bertz CT molecular complexity index is 1350. The highest BCUT2D eigenvalue weighted by Gasteiger charge is 2.39. The van der Waals surface area contributed by atoms with Gasteiger partial charge in [0.2, 0.25) is 5.56 Å². The van der Waals surface area contributed by atoms with Crippen LogP contribution >= 0.6 is 0 Å². The Balaban J connectivity index is 1.41. The molecule has 2 N–H and O–H groups in total. The topological polar surface area (TPSA) is 96.5 Å². The van der Waals surface area contributed by atoms with Crippen LogP contribution in [0.5, 0.6) is 5.75 Å². The highest BCUT2D eigenvalue weighted by Crippen LogP contribution is 2.41. The number of fused-ring (bicyclic) bond motifs is 4. The normalized spacial score (nSPS) is 21.1. The minimum Gasteiger partial charge on any atom is -0.494 e. The van der Waals surface area contributed by atoms with Crippen molar-refractivity contribution >= 4 is 28.3 Å². The number of amides is 1. The molecule has 34 heavy (non-hydrogen) atoms. The minimum atomic E-state index is -0.203. The summed E-state index contributed by atoms with van der Waals surface area (Å²) >= 11 is 0. The van der Waals surface area contributed by atoms with Gasteiger partial charge in [-0.3, -0.25) is 9.59 Å². The van der Waals surface area contributed by atoms with E-state index < -0.39 is 0 Å². The number of benzene rings is 1. The summed E-state index contributed by atoms with van der Waals surface area (Å²) in [7, 11) is 1.55. The molecule has 8 nitrogen and oxygen atoms in total. The second-order valence-electron chi connectivity index (χ2n) is 9.55. The molecule has 2 bridgehead atoms. The lowest BCUT2D eigenvalue weighted by Gasteiger charge is -2.37. The van der Waals surface area contributed by atoms with Crippen LogP contribution in [0.2, 0.25) is 0 Å². The Morgan fingerprint density at radius 2 is 1.94 bits per heavy atom. The number of pyridine rings is 2. The van der Waals surface area contributed by atoms with Crippen molar-refractivity contribution in [3.05, 3.63) is 57.0 Å². The second kappa shape index (κ2) is 8.13. The molecule has 0 saturated carbocycles. The van der Waals surface area contributed by atoms with Crippen LogP contribution in [0, 0.1) is 6.92 Å². The van der Waals surface area contributed by atoms with Crippen molar-refractivity contribution in [3.63, 3.8) is 0 Å². The maximum absolute atomic E-state index is 13.7. The molecular weight excluding hydrogens is 432 g/mol. The number of hydrogen-bond acceptors (Lipinski definition) is 6. The van der Waals surface area contributed by atoms with Gasteiger partial charge >= 0.3 is 0 Å². The van der Waals surface area contributed by atoms with Gasteiger partial charge in [-0.25, -0.2) is 4.98 Å². The van der Waals surface area contributed by atoms with Crippen LogP contribution in [0.3, 0.4) is 0 Å². The number of aryl methyl sites for hydroxylation is 1. The highest BCUT2D eigenvalue weighted by molar-refractivity contribution is 6.09. The number of rotatable bonds is 4. The van der Waals surface area contributed by atoms with Crippen LogP contribution in [0.1, 0.15) is 59.3 Å². The van der Waals surface area contributed by atoms with Gasteiger partial charge in [-0.2, -0.15) is 0 Å². The van der Waals surface area contributed by atoms with Gasteiger partial charge in [0, 0.05) is 40.9 Å². The summed E-state index contributed by atoms with van der Waals surface area (Å²) in [6, 6.07) is 7.99. The molecule has 176 valence electrons. The largest absolute Gasteiger partial charge is 0.494 e. The van der Waals surface area contributed by atoms with Crippen LogP contribution in [0.4, 0.5) is 11.5 Å². The average Bonchev–Trinajstić information content (AvgIpc) is 3.38. The number of piperidine rings is 1. The lowest BCUT2D eigenvalue weighted by molar-refractivity contribution is 0.102. The zero-order valence-corrected chi connectivity index (χ0v) is 19.4. The second-order valence-corrected chi connectivity index (χ2v) is 9.55. The molecule has 5 heterocycles. The lowest BCUT2D eigenvalue weighted by Crippen LogP contribution is -2.41. The number of H-pyrrole nitrogens is 1. The first kappa shape index (κ1) is 21.2. The minimum absolute atomic E-state index is 0.188. The number of hydrogen-bond donors (Lipinski definition) is 2. The van der Waals surface area contributed by atoms with Crippen LogP contribution in [0.25, 0.3) is 10.9 Å². The van der Waals surface area contributed by atoms with E-state index >= 15 is 0 Å². The van der Waals surface area contributed by atoms with Crippen molar-refractivity contribution in [2.75, 3.05) is 17.3 Å². The van der Waals surface area contributed by atoms with E-state index in [2.05, 4.69) is 15.2 Å². The fourth-order valence-corrected chi connectivity index (χ4v) is 5.84. The Hall–Kier alpha value is -3.39. The van der Waals surface area contributed by atoms with E-state index in [0.717, 1.165) is 53.7 Å². The number of aromatic amines is 1. The van der Waals surface area contributed by atoms with Crippen molar-refractivity contribution in [2.45, 2.75) is 64.3 Å². The summed E-state index contributed by atoms with van der Waals surface area (Å²) in [5.74, 6) is 1.08. The Labute approximate surface area is 197 Å². The SMILES string of the molecule is COc1cc(NC(=O)c2cc3c(nc2N2C4CCCC2CC4)COC3)cc2c(C)cc(=O)[nH]c12. The van der Waals surface area contributed by atoms with E-state index in [1.54, 1.807) is 19.2 Å². The van der Waals surface area contributed by atoms with Crippen molar-refractivity contribution in [2.24, 2.45) is 0 Å². The molecule has 8 heteroatoms. The standard InChI is InChI=1S/C26H28N4O4/c1-14-8-23(31)29-24-19(14)10-16(11-22(24)33-2)27-26(32)20-9-15-12-34-13-21(15)28-25(20)30-17-4-3-5-18(30)7-6-17/h8-11,17-18H,3-7,12-13H2,1-2H3,(H,27,32)(H,29,31). The summed E-state index contributed by atoms with van der Waals surface area (Å²) in [4.78, 5) is 35.8. The third-order valence-corrected chi connectivity index (χ3v) is 7.45. The van der Waals surface area contributed by atoms with Gasteiger partial charge in [-0.1, -0.05) is 0 Å². The molecule has 2 saturated heterocycles. The third-order valence-electron chi connectivity index (χ3n) is 7.45. The van der Waals surface area contributed by atoms with Crippen molar-refractivity contribution in [1.29, 1.82) is 0 Å². The molecule has 2 unspecified atom stereocenters. The molecule has 3 aromatic rings. The predicted octanol–water partition coefficient (Wildman–Crippen LogP) is 4.04. The molecule has 2 atom stereocenters. The number of carbonyl (C=O) groups excluding carboxylic acids is 1. The van der Waals surface area contributed by atoms with E-state index in [1.807, 2.05) is 19.1 Å². The lowest BCUT2D eigenvalue weighted by atomic mass is 10.0. The maximum atomic E-state index is 13.7. The smallest absolute Gasteiger partial charge is 0.259 e. The van der Waals surface area contributed by atoms with Gasteiger partial charge < -0.3 is 24.7 Å². The predicted molar refractivity (Wildman–Crippen MR) is 130 cm³/mol. The summed E-state index contributed by atoms with van der Waals surface area (Å²) < 4.78 is 11.1. The van der Waals surface area contributed by atoms with Crippen molar-refractivity contribution in [3.8, 4) is 5.75 Å². The molecule has 1 aromatic carbocycles. The van der Waals surface area contributed by atoms with Crippen LogP contribution < -0.4 is 20.5 Å². The van der Waals surface area contributed by atoms with Gasteiger partial charge in [-0.05, 0) is 56.7 Å². The van der Waals surface area contributed by atoms with Gasteiger partial charge in [0.15, 0.2) is 0 Å². The molecule has 3 aliphatic rings. The van der Waals surface area contributed by atoms with E-state index in [9.17, 15) is 9.59 Å². The van der Waals surface area contributed by atoms with Crippen LogP contribution in [0.15, 0.2) is 29.1 Å². The molecule has 0 radical (unpaired) electrons. The number of methoxy groups -OCH3 is 1. The van der Waals surface area contributed by atoms with Crippen molar-refractivity contribution < 1.29 is 14.3 Å².